The molecule has 1 aromatic rings. The highest BCUT2D eigenvalue weighted by Gasteiger charge is 2.10. The molecule has 13 heavy (non-hydrogen) atoms. The van der Waals surface area contributed by atoms with E-state index >= 15 is 0 Å². The molecule has 2 nitrogen and oxygen atoms in total. The number of hydrogen-bond donors (Lipinski definition) is 0. The number of benzene rings is 1. The minimum absolute atomic E-state index is 0.204. The molecule has 0 unspecified atom stereocenters. The quantitative estimate of drug-likeness (QED) is 0.650. The molecule has 1 aromatic carbocycles. The smallest absolute Gasteiger partial charge is 0.159 e. The molecule has 0 heterocycles. The highest BCUT2D eigenvalue weighted by molar-refractivity contribution is 6.31. The third-order valence-corrected chi connectivity index (χ3v) is 1.83. The van der Waals surface area contributed by atoms with E-state index in [0.717, 1.165) is 0 Å². The molecule has 0 aliphatic carbocycles. The van der Waals surface area contributed by atoms with Gasteiger partial charge in [0.15, 0.2) is 11.6 Å². The molecule has 0 saturated heterocycles. The van der Waals surface area contributed by atoms with Gasteiger partial charge in [0.1, 0.15) is 6.07 Å². The van der Waals surface area contributed by atoms with Crippen molar-refractivity contribution < 1.29 is 9.18 Å². The maximum absolute atomic E-state index is 13.0. The molecular formula is C9H5ClFNO. The van der Waals surface area contributed by atoms with Crippen LogP contribution in [-0.4, -0.2) is 5.78 Å². The zero-order valence-corrected chi connectivity index (χ0v) is 7.52. The van der Waals surface area contributed by atoms with Crippen LogP contribution >= 0.6 is 11.6 Å². The summed E-state index contributed by atoms with van der Waals surface area (Å²) in [7, 11) is 0. The van der Waals surface area contributed by atoms with Crippen molar-refractivity contribution in [3.63, 3.8) is 0 Å². The van der Waals surface area contributed by atoms with Crippen molar-refractivity contribution in [2.45, 2.75) is 6.92 Å². The number of carbonyl (C=O) groups is 1. The Labute approximate surface area is 79.5 Å². The lowest BCUT2D eigenvalue weighted by atomic mass is 10.1. The Bertz CT molecular complexity index is 409. The molecule has 0 atom stereocenters. The summed E-state index contributed by atoms with van der Waals surface area (Å²) >= 11 is 5.46. The largest absolute Gasteiger partial charge is 0.295 e. The molecular weight excluding hydrogens is 193 g/mol. The average molecular weight is 198 g/mol. The van der Waals surface area contributed by atoms with Gasteiger partial charge in [-0.1, -0.05) is 11.6 Å². The molecule has 0 saturated carbocycles. The number of nitriles is 1. The molecule has 0 amide bonds. The van der Waals surface area contributed by atoms with E-state index in [-0.39, 0.29) is 21.9 Å². The van der Waals surface area contributed by atoms with Gasteiger partial charge in [-0.25, -0.2) is 4.39 Å². The topological polar surface area (TPSA) is 40.9 Å². The molecule has 0 aliphatic heterocycles. The Balaban J connectivity index is 3.41. The van der Waals surface area contributed by atoms with E-state index < -0.39 is 5.82 Å². The average Bonchev–Trinajstić information content (AvgIpc) is 2.09. The third-order valence-electron chi connectivity index (χ3n) is 1.56. The molecule has 0 spiro atoms. The van der Waals surface area contributed by atoms with Crippen LogP contribution in [0.2, 0.25) is 5.02 Å². The van der Waals surface area contributed by atoms with Gasteiger partial charge >= 0.3 is 0 Å². The number of Topliss-reactive ketones (excluding diaryl/α,β-unsaturated/α-hetero) is 1. The van der Waals surface area contributed by atoms with Crippen molar-refractivity contribution in [2.75, 3.05) is 0 Å². The summed E-state index contributed by atoms with van der Waals surface area (Å²) in [6.07, 6.45) is 0. The Morgan fingerprint density at radius 3 is 2.69 bits per heavy atom. The van der Waals surface area contributed by atoms with Crippen LogP contribution < -0.4 is 0 Å². The summed E-state index contributed by atoms with van der Waals surface area (Å²) in [5.41, 5.74) is 0.0284. The van der Waals surface area contributed by atoms with Crippen LogP contribution in [0.15, 0.2) is 12.1 Å². The summed E-state index contributed by atoms with van der Waals surface area (Å²) in [4.78, 5) is 10.9. The lowest BCUT2D eigenvalue weighted by molar-refractivity contribution is 0.101. The first-order valence-electron chi connectivity index (χ1n) is 3.46. The zero-order valence-electron chi connectivity index (χ0n) is 6.77. The van der Waals surface area contributed by atoms with E-state index in [9.17, 15) is 9.18 Å². The number of nitrogens with zero attached hydrogens (tertiary/aromatic N) is 1. The molecule has 0 radical (unpaired) electrons. The maximum Gasteiger partial charge on any atom is 0.159 e. The van der Waals surface area contributed by atoms with Gasteiger partial charge in [-0.05, 0) is 19.1 Å². The molecule has 4 heteroatoms. The van der Waals surface area contributed by atoms with Gasteiger partial charge in [-0.15, -0.1) is 0 Å². The van der Waals surface area contributed by atoms with E-state index in [4.69, 9.17) is 16.9 Å². The lowest BCUT2D eigenvalue weighted by Crippen LogP contribution is -1.95. The minimum Gasteiger partial charge on any atom is -0.295 e. The van der Waals surface area contributed by atoms with E-state index in [0.29, 0.717) is 0 Å². The van der Waals surface area contributed by atoms with Crippen molar-refractivity contribution in [3.05, 3.63) is 34.1 Å². The first-order chi connectivity index (χ1) is 6.06. The van der Waals surface area contributed by atoms with Crippen LogP contribution in [0.5, 0.6) is 0 Å². The predicted molar refractivity (Wildman–Crippen MR) is 46.1 cm³/mol. The maximum atomic E-state index is 13.0. The van der Waals surface area contributed by atoms with Crippen LogP contribution in [0.25, 0.3) is 0 Å². The van der Waals surface area contributed by atoms with E-state index in [1.54, 1.807) is 6.07 Å². The molecule has 1 rings (SSSR count). The summed E-state index contributed by atoms with van der Waals surface area (Å²) in [5, 5.41) is 8.28. The van der Waals surface area contributed by atoms with E-state index in [1.807, 2.05) is 0 Å². The highest BCUT2D eigenvalue weighted by Crippen LogP contribution is 2.20. The van der Waals surface area contributed by atoms with Crippen LogP contribution in [0.1, 0.15) is 22.8 Å². The normalized spacial score (nSPS) is 9.38. The fraction of sp³-hybridized carbons (Fsp3) is 0.111. The van der Waals surface area contributed by atoms with Crippen molar-refractivity contribution in [1.82, 2.24) is 0 Å². The third kappa shape index (κ3) is 1.85. The fourth-order valence-electron chi connectivity index (χ4n) is 0.874. The molecule has 0 aromatic heterocycles. The Morgan fingerprint density at radius 1 is 1.62 bits per heavy atom. The van der Waals surface area contributed by atoms with Crippen LogP contribution in [0, 0.1) is 17.1 Å². The molecule has 0 bridgehead atoms. The van der Waals surface area contributed by atoms with Crippen molar-refractivity contribution in [2.24, 2.45) is 0 Å². The number of hydrogen-bond acceptors (Lipinski definition) is 2. The number of rotatable bonds is 1. The first-order valence-corrected chi connectivity index (χ1v) is 3.84. The van der Waals surface area contributed by atoms with Gasteiger partial charge in [0.25, 0.3) is 0 Å². The van der Waals surface area contributed by atoms with Gasteiger partial charge < -0.3 is 0 Å². The molecule has 0 N–H and O–H groups in total. The predicted octanol–water partition coefficient (Wildman–Crippen LogP) is 2.55. The van der Waals surface area contributed by atoms with Crippen LogP contribution in [0.3, 0.4) is 0 Å². The second kappa shape index (κ2) is 3.55. The standard InChI is InChI=1S/C9H5ClFNO/c1-5(13)6-2-7(4-12)9(11)8(10)3-6/h2-3H,1H3. The molecule has 0 fully saturated rings. The Hall–Kier alpha value is -1.40. The van der Waals surface area contributed by atoms with Crippen molar-refractivity contribution in [1.29, 1.82) is 5.26 Å². The van der Waals surface area contributed by atoms with Gasteiger partial charge in [0.2, 0.25) is 0 Å². The summed E-state index contributed by atoms with van der Waals surface area (Å²) in [6.45, 7) is 1.32. The summed E-state index contributed by atoms with van der Waals surface area (Å²) in [5.74, 6) is -1.03. The summed E-state index contributed by atoms with van der Waals surface area (Å²) in [6, 6.07) is 4.01. The van der Waals surface area contributed by atoms with Crippen molar-refractivity contribution in [3.8, 4) is 6.07 Å². The van der Waals surface area contributed by atoms with Gasteiger partial charge in [0, 0.05) is 5.56 Å². The van der Waals surface area contributed by atoms with Crippen LogP contribution in [-0.2, 0) is 0 Å². The van der Waals surface area contributed by atoms with Crippen LogP contribution in [0.4, 0.5) is 4.39 Å². The number of ketones is 1. The van der Waals surface area contributed by atoms with E-state index in [1.165, 1.54) is 19.1 Å². The van der Waals surface area contributed by atoms with Gasteiger partial charge in [0.05, 0.1) is 10.6 Å². The highest BCUT2D eigenvalue weighted by atomic mass is 35.5. The minimum atomic E-state index is -0.783. The fourth-order valence-corrected chi connectivity index (χ4v) is 1.09. The number of carbonyl (C=O) groups excluding carboxylic acids is 1. The second-order valence-corrected chi connectivity index (χ2v) is 2.89. The summed E-state index contributed by atoms with van der Waals surface area (Å²) < 4.78 is 13.0. The van der Waals surface area contributed by atoms with Gasteiger partial charge in [-0.3, -0.25) is 4.79 Å². The zero-order chi connectivity index (χ0) is 10.0. The second-order valence-electron chi connectivity index (χ2n) is 2.49. The number of halogens is 2. The molecule has 66 valence electrons. The lowest BCUT2D eigenvalue weighted by Gasteiger charge is -1.99. The first kappa shape index (κ1) is 9.69. The Kier molecular flexibility index (Phi) is 2.64. The monoisotopic (exact) mass is 197 g/mol. The van der Waals surface area contributed by atoms with E-state index in [2.05, 4.69) is 0 Å². The van der Waals surface area contributed by atoms with Crippen molar-refractivity contribution >= 4 is 17.4 Å². The van der Waals surface area contributed by atoms with Gasteiger partial charge in [-0.2, -0.15) is 5.26 Å². The molecule has 0 aliphatic rings. The SMILES string of the molecule is CC(=O)c1cc(Cl)c(F)c(C#N)c1. The Morgan fingerprint density at radius 2 is 2.23 bits per heavy atom.